The zero-order valence-electron chi connectivity index (χ0n) is 10.2. The van der Waals surface area contributed by atoms with Crippen LogP contribution in [0.15, 0.2) is 22.7 Å². The number of benzene rings is 1. The average molecular weight is 300 g/mol. The molecule has 0 radical (unpaired) electrons. The molecule has 1 fully saturated rings. The maximum atomic E-state index is 13.2. The van der Waals surface area contributed by atoms with E-state index >= 15 is 0 Å². The summed E-state index contributed by atoms with van der Waals surface area (Å²) >= 11 is 3.46. The Bertz CT molecular complexity index is 380. The maximum absolute atomic E-state index is 13.2. The summed E-state index contributed by atoms with van der Waals surface area (Å²) in [7, 11) is 0. The Morgan fingerprint density at radius 1 is 1.41 bits per heavy atom. The third-order valence-electron chi connectivity index (χ3n) is 3.65. The number of anilines is 1. The number of rotatable bonds is 3. The van der Waals surface area contributed by atoms with Crippen molar-refractivity contribution in [2.75, 3.05) is 5.32 Å². The molecule has 0 saturated heterocycles. The van der Waals surface area contributed by atoms with Crippen LogP contribution in [-0.2, 0) is 0 Å². The van der Waals surface area contributed by atoms with Crippen LogP contribution in [0.4, 0.5) is 10.1 Å². The summed E-state index contributed by atoms with van der Waals surface area (Å²) in [6.45, 7) is 2.26. The molecule has 94 valence electrons. The Labute approximate surface area is 111 Å². The summed E-state index contributed by atoms with van der Waals surface area (Å²) in [4.78, 5) is 0. The van der Waals surface area contributed by atoms with Crippen LogP contribution >= 0.6 is 15.9 Å². The van der Waals surface area contributed by atoms with Crippen molar-refractivity contribution in [2.45, 2.75) is 45.1 Å². The third-order valence-corrected chi connectivity index (χ3v) is 4.34. The Morgan fingerprint density at radius 3 is 3.00 bits per heavy atom. The number of hydrogen-bond donors (Lipinski definition) is 1. The van der Waals surface area contributed by atoms with E-state index in [1.165, 1.54) is 38.2 Å². The molecule has 2 rings (SSSR count). The van der Waals surface area contributed by atoms with Crippen molar-refractivity contribution in [3.8, 4) is 0 Å². The van der Waals surface area contributed by atoms with Crippen LogP contribution in [0.2, 0.25) is 0 Å². The number of nitrogens with one attached hydrogen (secondary N) is 1. The molecule has 0 heterocycles. The van der Waals surface area contributed by atoms with Crippen molar-refractivity contribution in [1.29, 1.82) is 0 Å². The molecule has 1 aliphatic rings. The minimum Gasteiger partial charge on any atom is -0.381 e. The summed E-state index contributed by atoms with van der Waals surface area (Å²) in [6, 6.07) is 5.30. The zero-order chi connectivity index (χ0) is 12.3. The highest BCUT2D eigenvalue weighted by atomic mass is 79.9. The Hall–Kier alpha value is -0.570. The lowest BCUT2D eigenvalue weighted by molar-refractivity contribution is 0.327. The van der Waals surface area contributed by atoms with Crippen LogP contribution in [0.3, 0.4) is 0 Å². The summed E-state index contributed by atoms with van der Waals surface area (Å²) in [5.74, 6) is 0.645. The Morgan fingerprint density at radius 2 is 2.24 bits per heavy atom. The molecule has 2 atom stereocenters. The van der Waals surface area contributed by atoms with E-state index < -0.39 is 0 Å². The van der Waals surface area contributed by atoms with E-state index in [2.05, 4.69) is 28.2 Å². The van der Waals surface area contributed by atoms with Gasteiger partial charge < -0.3 is 5.32 Å². The standard InChI is InChI=1S/C14H19BrFN/c1-2-10-4-3-5-12(8-10)17-14-9-11(16)6-7-13(14)15/h6-7,9-10,12,17H,2-5,8H2,1H3. The molecule has 1 N–H and O–H groups in total. The first-order valence-corrected chi connectivity index (χ1v) is 7.20. The molecule has 0 spiro atoms. The molecule has 1 aromatic carbocycles. The number of hydrogen-bond acceptors (Lipinski definition) is 1. The van der Waals surface area contributed by atoms with E-state index in [9.17, 15) is 4.39 Å². The van der Waals surface area contributed by atoms with Crippen molar-refractivity contribution in [1.82, 2.24) is 0 Å². The highest BCUT2D eigenvalue weighted by Crippen LogP contribution is 2.31. The molecule has 1 nitrogen and oxygen atoms in total. The normalized spacial score (nSPS) is 24.6. The fourth-order valence-corrected chi connectivity index (χ4v) is 2.98. The molecule has 0 aromatic heterocycles. The van der Waals surface area contributed by atoms with Gasteiger partial charge in [0.1, 0.15) is 5.82 Å². The fraction of sp³-hybridized carbons (Fsp3) is 0.571. The second-order valence-corrected chi connectivity index (χ2v) is 5.76. The van der Waals surface area contributed by atoms with Crippen LogP contribution in [0.25, 0.3) is 0 Å². The van der Waals surface area contributed by atoms with E-state index in [1.807, 2.05) is 0 Å². The Kier molecular flexibility index (Phi) is 4.43. The van der Waals surface area contributed by atoms with Gasteiger partial charge in [-0.05, 0) is 52.9 Å². The molecule has 1 aromatic rings. The lowest BCUT2D eigenvalue weighted by atomic mass is 9.84. The SMILES string of the molecule is CCC1CCCC(Nc2cc(F)ccc2Br)C1. The molecule has 2 unspecified atom stereocenters. The van der Waals surface area contributed by atoms with Crippen molar-refractivity contribution in [2.24, 2.45) is 5.92 Å². The van der Waals surface area contributed by atoms with Gasteiger partial charge in [0.05, 0.1) is 5.69 Å². The first kappa shape index (κ1) is 12.9. The van der Waals surface area contributed by atoms with Gasteiger partial charge in [-0.25, -0.2) is 4.39 Å². The summed E-state index contributed by atoms with van der Waals surface area (Å²) in [5, 5.41) is 3.47. The molecular formula is C14H19BrFN. The average Bonchev–Trinajstić information content (AvgIpc) is 2.34. The van der Waals surface area contributed by atoms with Gasteiger partial charge in [0.25, 0.3) is 0 Å². The van der Waals surface area contributed by atoms with Crippen molar-refractivity contribution < 1.29 is 4.39 Å². The zero-order valence-corrected chi connectivity index (χ0v) is 11.8. The van der Waals surface area contributed by atoms with Crippen molar-refractivity contribution >= 4 is 21.6 Å². The van der Waals surface area contributed by atoms with E-state index in [1.54, 1.807) is 12.1 Å². The van der Waals surface area contributed by atoms with Gasteiger partial charge in [0.2, 0.25) is 0 Å². The van der Waals surface area contributed by atoms with E-state index in [-0.39, 0.29) is 5.82 Å². The highest BCUT2D eigenvalue weighted by molar-refractivity contribution is 9.10. The van der Waals surface area contributed by atoms with Gasteiger partial charge in [0, 0.05) is 10.5 Å². The van der Waals surface area contributed by atoms with Crippen LogP contribution in [0, 0.1) is 11.7 Å². The molecule has 17 heavy (non-hydrogen) atoms. The van der Waals surface area contributed by atoms with Crippen LogP contribution in [0.5, 0.6) is 0 Å². The van der Waals surface area contributed by atoms with Gasteiger partial charge in [-0.15, -0.1) is 0 Å². The smallest absolute Gasteiger partial charge is 0.125 e. The minimum absolute atomic E-state index is 0.182. The Balaban J connectivity index is 2.02. The lowest BCUT2D eigenvalue weighted by Crippen LogP contribution is -2.27. The molecule has 3 heteroatoms. The summed E-state index contributed by atoms with van der Waals surface area (Å²) in [6.07, 6.45) is 6.28. The second-order valence-electron chi connectivity index (χ2n) is 4.91. The topological polar surface area (TPSA) is 12.0 Å². The monoisotopic (exact) mass is 299 g/mol. The van der Waals surface area contributed by atoms with Crippen LogP contribution in [0.1, 0.15) is 39.0 Å². The molecule has 0 amide bonds. The van der Waals surface area contributed by atoms with Gasteiger partial charge in [-0.3, -0.25) is 0 Å². The number of halogens is 2. The predicted octanol–water partition coefficient (Wildman–Crippen LogP) is 4.97. The summed E-state index contributed by atoms with van der Waals surface area (Å²) < 4.78 is 14.1. The first-order chi connectivity index (χ1) is 8.19. The van der Waals surface area contributed by atoms with Crippen LogP contribution in [-0.4, -0.2) is 6.04 Å². The quantitative estimate of drug-likeness (QED) is 0.831. The van der Waals surface area contributed by atoms with Gasteiger partial charge >= 0.3 is 0 Å². The van der Waals surface area contributed by atoms with Gasteiger partial charge in [-0.1, -0.05) is 26.2 Å². The van der Waals surface area contributed by atoms with E-state index in [0.29, 0.717) is 6.04 Å². The molecule has 0 aliphatic heterocycles. The highest BCUT2D eigenvalue weighted by Gasteiger charge is 2.21. The third kappa shape index (κ3) is 3.44. The molecule has 1 aliphatic carbocycles. The van der Waals surface area contributed by atoms with Crippen molar-refractivity contribution in [3.63, 3.8) is 0 Å². The van der Waals surface area contributed by atoms with Gasteiger partial charge in [-0.2, -0.15) is 0 Å². The fourth-order valence-electron chi connectivity index (χ4n) is 2.62. The summed E-state index contributed by atoms with van der Waals surface area (Å²) in [5.41, 5.74) is 0.881. The van der Waals surface area contributed by atoms with Crippen molar-refractivity contribution in [3.05, 3.63) is 28.5 Å². The molecule has 0 bridgehead atoms. The largest absolute Gasteiger partial charge is 0.381 e. The predicted molar refractivity (Wildman–Crippen MR) is 73.8 cm³/mol. The lowest BCUT2D eigenvalue weighted by Gasteiger charge is -2.30. The maximum Gasteiger partial charge on any atom is 0.125 e. The minimum atomic E-state index is -0.182. The first-order valence-electron chi connectivity index (χ1n) is 6.40. The molecular weight excluding hydrogens is 281 g/mol. The van der Waals surface area contributed by atoms with E-state index in [0.717, 1.165) is 16.1 Å². The second kappa shape index (κ2) is 5.85. The van der Waals surface area contributed by atoms with Crippen LogP contribution < -0.4 is 5.32 Å². The van der Waals surface area contributed by atoms with Gasteiger partial charge in [0.15, 0.2) is 0 Å². The molecule has 1 saturated carbocycles. The van der Waals surface area contributed by atoms with E-state index in [4.69, 9.17) is 0 Å².